The molecule has 0 amide bonds. The van der Waals surface area contributed by atoms with E-state index in [0.717, 1.165) is 32.1 Å². The van der Waals surface area contributed by atoms with Gasteiger partial charge in [-0.2, -0.15) is 18.4 Å². The summed E-state index contributed by atoms with van der Waals surface area (Å²) in [6.45, 7) is 0. The molecule has 1 fully saturated rings. The lowest BCUT2D eigenvalue weighted by Crippen LogP contribution is -2.13. The third-order valence-electron chi connectivity index (χ3n) is 3.35. The van der Waals surface area contributed by atoms with Crippen LogP contribution in [0.5, 0.6) is 0 Å². The highest BCUT2D eigenvalue weighted by Crippen LogP contribution is 2.32. The molecule has 0 unspecified atom stereocenters. The molecule has 1 nitrogen and oxygen atoms in total. The molecule has 0 heterocycles. The van der Waals surface area contributed by atoms with E-state index in [1.54, 1.807) is 0 Å². The van der Waals surface area contributed by atoms with Gasteiger partial charge in [0.2, 0.25) is 0 Å². The van der Waals surface area contributed by atoms with Crippen molar-refractivity contribution in [3.63, 3.8) is 0 Å². The number of halogens is 3. The minimum absolute atomic E-state index is 0.187. The van der Waals surface area contributed by atoms with Crippen LogP contribution in [-0.4, -0.2) is 6.18 Å². The van der Waals surface area contributed by atoms with Crippen molar-refractivity contribution >= 4 is 0 Å². The highest BCUT2D eigenvalue weighted by atomic mass is 19.4. The molecule has 1 saturated carbocycles. The van der Waals surface area contributed by atoms with E-state index >= 15 is 0 Å². The molecule has 1 aliphatic carbocycles. The molecule has 0 spiro atoms. The van der Waals surface area contributed by atoms with Crippen molar-refractivity contribution in [1.29, 1.82) is 5.26 Å². The summed E-state index contributed by atoms with van der Waals surface area (Å²) in [6.07, 6.45) is 1.06. The molecule has 4 heteroatoms. The van der Waals surface area contributed by atoms with Gasteiger partial charge in [0.1, 0.15) is 0 Å². The summed E-state index contributed by atoms with van der Waals surface area (Å²) in [5.74, 6) is 0.740. The highest BCUT2D eigenvalue weighted by Gasteiger charge is 2.26. The Morgan fingerprint density at radius 2 is 1.69 bits per heavy atom. The van der Waals surface area contributed by atoms with Gasteiger partial charge in [-0.25, -0.2) is 0 Å². The van der Waals surface area contributed by atoms with Gasteiger partial charge < -0.3 is 0 Å². The van der Waals surface area contributed by atoms with Crippen LogP contribution in [-0.2, 0) is 0 Å². The number of hydrogen-bond acceptors (Lipinski definition) is 1. The molecule has 0 aromatic heterocycles. The van der Waals surface area contributed by atoms with Gasteiger partial charge >= 0.3 is 6.18 Å². The first-order valence-corrected chi connectivity index (χ1v) is 5.97. The lowest BCUT2D eigenvalue weighted by Gasteiger charge is -2.24. The Hall–Kier alpha value is -0.720. The summed E-state index contributed by atoms with van der Waals surface area (Å²) in [7, 11) is 0. The fourth-order valence-electron chi connectivity index (χ4n) is 2.34. The average Bonchev–Trinajstić information content (AvgIpc) is 2.24. The predicted octanol–water partition coefficient (Wildman–Crippen LogP) is 4.44. The Morgan fingerprint density at radius 3 is 2.19 bits per heavy atom. The zero-order valence-corrected chi connectivity index (χ0v) is 9.39. The number of unbranched alkanes of at least 4 members (excludes halogenated alkanes) is 1. The van der Waals surface area contributed by atoms with Gasteiger partial charge in [-0.3, -0.25) is 0 Å². The van der Waals surface area contributed by atoms with Gasteiger partial charge in [-0.1, -0.05) is 12.8 Å². The topological polar surface area (TPSA) is 23.8 Å². The first-order chi connectivity index (χ1) is 7.51. The monoisotopic (exact) mass is 233 g/mol. The summed E-state index contributed by atoms with van der Waals surface area (Å²) in [5, 5.41) is 8.71. The van der Waals surface area contributed by atoms with E-state index in [-0.39, 0.29) is 12.3 Å². The first-order valence-electron chi connectivity index (χ1n) is 5.97. The van der Waals surface area contributed by atoms with Crippen LogP contribution in [0.4, 0.5) is 13.2 Å². The maximum absolute atomic E-state index is 11.9. The van der Waals surface area contributed by atoms with Crippen LogP contribution < -0.4 is 0 Å². The highest BCUT2D eigenvalue weighted by molar-refractivity contribution is 4.86. The Bertz CT molecular complexity index is 234. The van der Waals surface area contributed by atoms with Gasteiger partial charge in [0, 0.05) is 12.3 Å². The second-order valence-electron chi connectivity index (χ2n) is 4.71. The van der Waals surface area contributed by atoms with Crippen LogP contribution in [0.15, 0.2) is 0 Å². The minimum Gasteiger partial charge on any atom is -0.198 e. The predicted molar refractivity (Wildman–Crippen MR) is 55.6 cm³/mol. The number of nitriles is 1. The Kier molecular flexibility index (Phi) is 5.11. The molecule has 0 atom stereocenters. The van der Waals surface area contributed by atoms with Gasteiger partial charge in [-0.05, 0) is 38.0 Å². The maximum Gasteiger partial charge on any atom is 0.389 e. The first kappa shape index (κ1) is 13.3. The van der Waals surface area contributed by atoms with E-state index in [4.69, 9.17) is 5.26 Å². The van der Waals surface area contributed by atoms with Crippen molar-refractivity contribution in [2.24, 2.45) is 11.8 Å². The van der Waals surface area contributed by atoms with Crippen LogP contribution in [0, 0.1) is 23.2 Å². The van der Waals surface area contributed by atoms with Crippen molar-refractivity contribution in [3.05, 3.63) is 0 Å². The zero-order chi connectivity index (χ0) is 12.0. The standard InChI is InChI=1S/C12H18F3N/c13-12(14,15)8-2-1-3-10-4-6-11(9-16)7-5-10/h10-11H,1-8H2. The van der Waals surface area contributed by atoms with Gasteiger partial charge in [0.25, 0.3) is 0 Å². The van der Waals surface area contributed by atoms with E-state index in [1.807, 2.05) is 0 Å². The van der Waals surface area contributed by atoms with Gasteiger partial charge in [0.05, 0.1) is 6.07 Å². The second kappa shape index (κ2) is 6.12. The molecule has 92 valence electrons. The quantitative estimate of drug-likeness (QED) is 0.658. The third-order valence-corrected chi connectivity index (χ3v) is 3.35. The van der Waals surface area contributed by atoms with Crippen LogP contribution in [0.1, 0.15) is 51.4 Å². The molecule has 0 aliphatic heterocycles. The van der Waals surface area contributed by atoms with Crippen LogP contribution in [0.3, 0.4) is 0 Å². The van der Waals surface area contributed by atoms with E-state index in [9.17, 15) is 13.2 Å². The number of rotatable bonds is 4. The molecular weight excluding hydrogens is 215 g/mol. The molecular formula is C12H18F3N. The minimum atomic E-state index is -4.00. The van der Waals surface area contributed by atoms with Gasteiger partial charge in [0.15, 0.2) is 0 Å². The van der Waals surface area contributed by atoms with Crippen molar-refractivity contribution in [2.75, 3.05) is 0 Å². The second-order valence-corrected chi connectivity index (χ2v) is 4.71. The number of hydrogen-bond donors (Lipinski definition) is 0. The summed E-state index contributed by atoms with van der Waals surface area (Å²) >= 11 is 0. The average molecular weight is 233 g/mol. The third kappa shape index (κ3) is 5.39. The Morgan fingerprint density at radius 1 is 1.06 bits per heavy atom. The molecule has 1 aliphatic rings. The van der Waals surface area contributed by atoms with Gasteiger partial charge in [-0.15, -0.1) is 0 Å². The summed E-state index contributed by atoms with van der Waals surface area (Å²) in [4.78, 5) is 0. The fourth-order valence-corrected chi connectivity index (χ4v) is 2.34. The van der Waals surface area contributed by atoms with Crippen molar-refractivity contribution in [1.82, 2.24) is 0 Å². The molecule has 0 radical (unpaired) electrons. The lowest BCUT2D eigenvalue weighted by molar-refractivity contribution is -0.135. The maximum atomic E-state index is 11.9. The molecule has 1 rings (SSSR count). The van der Waals surface area contributed by atoms with Crippen LogP contribution in [0.2, 0.25) is 0 Å². The fraction of sp³-hybridized carbons (Fsp3) is 0.917. The summed E-state index contributed by atoms with van der Waals surface area (Å²) < 4.78 is 35.6. The van der Waals surface area contributed by atoms with E-state index in [1.165, 1.54) is 0 Å². The molecule has 16 heavy (non-hydrogen) atoms. The van der Waals surface area contributed by atoms with E-state index in [2.05, 4.69) is 6.07 Å². The lowest BCUT2D eigenvalue weighted by atomic mass is 9.80. The van der Waals surface area contributed by atoms with E-state index in [0.29, 0.717) is 12.3 Å². The van der Waals surface area contributed by atoms with Crippen LogP contribution >= 0.6 is 0 Å². The van der Waals surface area contributed by atoms with Crippen molar-refractivity contribution in [3.8, 4) is 6.07 Å². The Balaban J connectivity index is 2.05. The summed E-state index contributed by atoms with van der Waals surface area (Å²) in [6, 6.07) is 2.26. The largest absolute Gasteiger partial charge is 0.389 e. The number of nitrogens with zero attached hydrogens (tertiary/aromatic N) is 1. The molecule has 0 bridgehead atoms. The normalized spacial score (nSPS) is 26.4. The van der Waals surface area contributed by atoms with Crippen LogP contribution in [0.25, 0.3) is 0 Å². The van der Waals surface area contributed by atoms with E-state index < -0.39 is 12.6 Å². The number of alkyl halides is 3. The zero-order valence-electron chi connectivity index (χ0n) is 9.39. The van der Waals surface area contributed by atoms with Crippen molar-refractivity contribution < 1.29 is 13.2 Å². The SMILES string of the molecule is N#CC1CCC(CCCCC(F)(F)F)CC1. The van der Waals surface area contributed by atoms with Crippen molar-refractivity contribution in [2.45, 2.75) is 57.5 Å². The smallest absolute Gasteiger partial charge is 0.198 e. The molecule has 0 aromatic carbocycles. The molecule has 0 aromatic rings. The molecule has 0 N–H and O–H groups in total. The summed E-state index contributed by atoms with van der Waals surface area (Å²) in [5.41, 5.74) is 0. The molecule has 0 saturated heterocycles. The Labute approximate surface area is 94.6 Å².